The summed E-state index contributed by atoms with van der Waals surface area (Å²) in [6.45, 7) is 4.32. The molecule has 14 rings (SSSR count). The molecule has 0 saturated heterocycles. The second kappa shape index (κ2) is 34.1. The number of hydrogen-bond donors (Lipinski definition) is 6. The number of fused-ring (bicyclic) bond motifs is 3. The molecule has 0 bridgehead atoms. The fraction of sp³-hybridized carbons (Fsp3) is 0.259. The normalized spacial score (nSPS) is 13.8. The van der Waals surface area contributed by atoms with Gasteiger partial charge in [-0.25, -0.2) is 13.2 Å². The van der Waals surface area contributed by atoms with Crippen molar-refractivity contribution < 1.29 is 102 Å². The number of rotatable bonds is 29. The van der Waals surface area contributed by atoms with Gasteiger partial charge in [0.05, 0.1) is 77.2 Å². The predicted molar refractivity (Wildman–Crippen MR) is 406 cm³/mol. The minimum Gasteiger partial charge on any atom is -0.493 e. The van der Waals surface area contributed by atoms with Crippen LogP contribution in [0.5, 0.6) is 69.0 Å². The smallest absolute Gasteiger partial charge is 0.417 e. The predicted octanol–water partition coefficient (Wildman–Crippen LogP) is 14.5. The second-order valence-corrected chi connectivity index (χ2v) is 27.7. The number of aryl methyl sites for hydroxylation is 1. The zero-order chi connectivity index (χ0) is 81.4. The van der Waals surface area contributed by atoms with Gasteiger partial charge in [-0.05, 0) is 136 Å². The van der Waals surface area contributed by atoms with Gasteiger partial charge in [0, 0.05) is 107 Å². The van der Waals surface area contributed by atoms with Crippen LogP contribution in [0.15, 0.2) is 157 Å². The van der Waals surface area contributed by atoms with Crippen LogP contribution in [-0.2, 0) is 47.8 Å². The average molecular weight is 1590 g/mol. The van der Waals surface area contributed by atoms with Gasteiger partial charge < -0.3 is 80.3 Å². The van der Waals surface area contributed by atoms with E-state index < -0.39 is 75.7 Å². The van der Waals surface area contributed by atoms with Crippen molar-refractivity contribution in [1.29, 1.82) is 0 Å². The molecular weight excluding hydrogens is 1520 g/mol. The number of alkyl halides is 3. The van der Waals surface area contributed by atoms with E-state index in [1.54, 1.807) is 74.6 Å². The van der Waals surface area contributed by atoms with Crippen LogP contribution in [0.1, 0.15) is 74.5 Å². The fourth-order valence-corrected chi connectivity index (χ4v) is 11.3. The SMILES string of the molecule is CCC(=O)C(=O)Nc1ccc(Oc2ccnc3cc(OCC4(N)CC4)c(OC)cc23)c(F)c1.COc1cc2c(Oc3ccc(NC(=O)C(=O)Cc4cc(C)on4)cc3F)ccnc2cc1OCC1(N)CC1.COc1cc2c(Oc3ccc(NC(=O)C(=O)Cc4ccc(Cl)c(C(F)(F)F)c4)cc3F)ccnc2cc1OCC1(N)CC1. The highest BCUT2D eigenvalue weighted by Gasteiger charge is 2.41. The number of benzene rings is 7. The highest BCUT2D eigenvalue weighted by Crippen LogP contribution is 2.45. The lowest BCUT2D eigenvalue weighted by molar-refractivity contribution is -0.137. The van der Waals surface area contributed by atoms with E-state index in [0.717, 1.165) is 62.8 Å². The van der Waals surface area contributed by atoms with Gasteiger partial charge in [0.15, 0.2) is 69.2 Å². The Hall–Kier alpha value is -12.7. The monoisotopic (exact) mass is 1590 g/mol. The molecule has 4 aromatic heterocycles. The number of ether oxygens (including phenoxy) is 9. The van der Waals surface area contributed by atoms with E-state index in [-0.39, 0.29) is 75.1 Å². The number of nitrogens with zero attached hydrogens (tertiary/aromatic N) is 4. The third kappa shape index (κ3) is 20.3. The summed E-state index contributed by atoms with van der Waals surface area (Å²) in [6, 6.07) is 30.7. The molecule has 4 heterocycles. The lowest BCUT2D eigenvalue weighted by Crippen LogP contribution is -2.29. The zero-order valence-electron chi connectivity index (χ0n) is 61.6. The van der Waals surface area contributed by atoms with Crippen LogP contribution < -0.4 is 75.8 Å². The van der Waals surface area contributed by atoms with Crippen LogP contribution in [-0.4, -0.2) is 113 Å². The number of pyridine rings is 3. The van der Waals surface area contributed by atoms with Crippen LogP contribution in [0.25, 0.3) is 32.7 Å². The first-order valence-electron chi connectivity index (χ1n) is 35.3. The number of ketones is 3. The molecule has 0 unspecified atom stereocenters. The van der Waals surface area contributed by atoms with E-state index in [1.165, 1.54) is 82.3 Å². The summed E-state index contributed by atoms with van der Waals surface area (Å²) in [7, 11) is 4.52. The lowest BCUT2D eigenvalue weighted by Gasteiger charge is -2.16. The maximum Gasteiger partial charge on any atom is 0.417 e. The Labute approximate surface area is 650 Å². The van der Waals surface area contributed by atoms with E-state index >= 15 is 4.39 Å². The van der Waals surface area contributed by atoms with Crippen molar-refractivity contribution in [2.75, 3.05) is 57.1 Å². The van der Waals surface area contributed by atoms with Crippen LogP contribution >= 0.6 is 11.6 Å². The summed E-state index contributed by atoms with van der Waals surface area (Å²) < 4.78 is 140. The Morgan fingerprint density at radius 1 is 0.456 bits per heavy atom. The molecule has 3 fully saturated rings. The molecule has 0 aliphatic heterocycles. The molecule has 11 aromatic rings. The van der Waals surface area contributed by atoms with E-state index in [1.807, 2.05) is 0 Å². The number of amides is 3. The molecule has 3 saturated carbocycles. The Morgan fingerprint density at radius 3 is 1.13 bits per heavy atom. The number of carbonyl (C=O) groups is 6. The standard InChI is InChI=1S/C30H24ClF4N3O5.C27H25FN4O6.C24H24FN3O5/c1-41-26-13-18-22(14-27(26)42-15-29(36)7-8-29)37-9-6-24(18)43-25-5-3-17(12-21(25)32)38-28(40)23(39)11-16-2-4-20(31)19(10-16)30(33,34)35;1-15-9-17(32-38-15)11-21(33)26(34)31-16-3-4-23(19(28)10-16)37-22-5-8-30-20-13-25(24(35-2)12-18(20)22)36-14-27(29)6-7-27;1-3-18(29)23(30)28-14-4-5-20(16(25)10-14)33-19-6-9-27-17-12-22(21(31-2)11-15(17)19)32-13-24(26)7-8-24/h2-6,9-10,12-14H,7-8,11,15,36H2,1H3,(H,38,40);3-5,8-10,12-13H,6-7,11,14,29H2,1-2H3,(H,31,34);4-6,9-12H,3,7-8,13,26H2,1-2H3,(H,28,30). The molecule has 592 valence electrons. The Morgan fingerprint density at radius 2 is 0.816 bits per heavy atom. The second-order valence-electron chi connectivity index (χ2n) is 27.3. The van der Waals surface area contributed by atoms with Gasteiger partial charge >= 0.3 is 6.18 Å². The van der Waals surface area contributed by atoms with Gasteiger partial charge in [-0.1, -0.05) is 29.7 Å². The highest BCUT2D eigenvalue weighted by molar-refractivity contribution is 6.42. The summed E-state index contributed by atoms with van der Waals surface area (Å²) in [6.07, 6.45) is 4.45. The number of Topliss-reactive ketones (excluding diaryl/α,β-unsaturated/α-hetero) is 3. The molecule has 7 aromatic carbocycles. The first-order valence-corrected chi connectivity index (χ1v) is 35.7. The van der Waals surface area contributed by atoms with Crippen molar-refractivity contribution in [2.45, 2.75) is 94.4 Å². The molecule has 0 atom stereocenters. The Kier molecular flexibility index (Phi) is 24.2. The van der Waals surface area contributed by atoms with Crippen LogP contribution in [0.4, 0.5) is 43.4 Å². The van der Waals surface area contributed by atoms with Gasteiger partial charge in [-0.3, -0.25) is 43.7 Å². The summed E-state index contributed by atoms with van der Waals surface area (Å²) in [5.74, 6) is -3.50. The number of carbonyl (C=O) groups excluding carboxylic acids is 6. The molecule has 33 heteroatoms. The summed E-state index contributed by atoms with van der Waals surface area (Å²) in [5.41, 5.74) is 18.4. The van der Waals surface area contributed by atoms with Crippen molar-refractivity contribution >= 4 is 96.4 Å². The molecule has 3 aliphatic rings. The molecule has 114 heavy (non-hydrogen) atoms. The minimum atomic E-state index is -4.73. The third-order valence-electron chi connectivity index (χ3n) is 18.2. The average Bonchev–Trinajstić information content (AvgIpc) is 1.14. The van der Waals surface area contributed by atoms with Gasteiger partial charge in [0.1, 0.15) is 42.8 Å². The number of hydrogen-bond acceptors (Lipinski definition) is 23. The van der Waals surface area contributed by atoms with Crippen LogP contribution in [0.2, 0.25) is 5.02 Å². The van der Waals surface area contributed by atoms with Crippen molar-refractivity contribution in [2.24, 2.45) is 17.2 Å². The largest absolute Gasteiger partial charge is 0.493 e. The summed E-state index contributed by atoms with van der Waals surface area (Å²) >= 11 is 5.59. The number of anilines is 3. The number of nitrogens with two attached hydrogens (primary N) is 3. The number of halogens is 7. The molecule has 3 aliphatic carbocycles. The van der Waals surface area contributed by atoms with Gasteiger partial charge in [-0.15, -0.1) is 0 Å². The Bertz CT molecular complexity index is 5550. The topological polar surface area (TPSA) is 364 Å². The third-order valence-corrected chi connectivity index (χ3v) is 18.5. The highest BCUT2D eigenvalue weighted by atomic mass is 35.5. The van der Waals surface area contributed by atoms with Gasteiger partial charge in [0.2, 0.25) is 17.3 Å². The molecule has 0 spiro atoms. The van der Waals surface area contributed by atoms with Crippen LogP contribution in [0, 0.1) is 24.4 Å². The first kappa shape index (κ1) is 80.9. The number of nitrogens with one attached hydrogen (secondary N) is 3. The molecule has 0 radical (unpaired) electrons. The van der Waals surface area contributed by atoms with Crippen molar-refractivity contribution in [3.05, 3.63) is 197 Å². The van der Waals surface area contributed by atoms with E-state index in [0.29, 0.717) is 116 Å². The first-order chi connectivity index (χ1) is 54.4. The number of methoxy groups -OCH3 is 3. The molecule has 26 nitrogen and oxygen atoms in total. The van der Waals surface area contributed by atoms with E-state index in [4.69, 9.17) is 76.0 Å². The van der Waals surface area contributed by atoms with Gasteiger partial charge in [-0.2, -0.15) is 13.2 Å². The van der Waals surface area contributed by atoms with Crippen molar-refractivity contribution in [3.63, 3.8) is 0 Å². The maximum absolute atomic E-state index is 15.0. The molecule has 3 amide bonds. The maximum atomic E-state index is 15.0. The number of aromatic nitrogens is 4. The van der Waals surface area contributed by atoms with Crippen molar-refractivity contribution in [3.8, 4) is 69.0 Å². The quantitative estimate of drug-likeness (QED) is 0.0187. The summed E-state index contributed by atoms with van der Waals surface area (Å²) in [4.78, 5) is 85.4. The van der Waals surface area contributed by atoms with Crippen molar-refractivity contribution in [1.82, 2.24) is 20.1 Å². The molecule has 9 N–H and O–H groups in total. The van der Waals surface area contributed by atoms with E-state index in [2.05, 4.69) is 36.1 Å². The van der Waals surface area contributed by atoms with Crippen LogP contribution in [0.3, 0.4) is 0 Å². The van der Waals surface area contributed by atoms with Gasteiger partial charge in [0.25, 0.3) is 17.7 Å². The molecular formula is C81H73ClF6N10O16. The zero-order valence-corrected chi connectivity index (χ0v) is 62.4. The summed E-state index contributed by atoms with van der Waals surface area (Å²) in [5, 5.41) is 11.9. The minimum absolute atomic E-state index is 0.0552. The van der Waals surface area contributed by atoms with E-state index in [9.17, 15) is 50.7 Å². The lowest BCUT2D eigenvalue weighted by atomic mass is 10.0. The Balaban J connectivity index is 0.000000160. The fourth-order valence-electron chi connectivity index (χ4n) is 11.1.